The molecule has 0 bridgehead atoms. The lowest BCUT2D eigenvalue weighted by Crippen LogP contribution is -2.39. The van der Waals surface area contributed by atoms with Crippen LogP contribution < -0.4 is 16.6 Å². The largest absolute Gasteiger partial charge is 0.330 e. The molecule has 0 aliphatic rings. The normalized spacial score (nSPS) is 10.8. The zero-order valence-corrected chi connectivity index (χ0v) is 12.1. The maximum Gasteiger partial charge on any atom is 0.330 e. The van der Waals surface area contributed by atoms with Crippen LogP contribution in [0, 0.1) is 5.82 Å². The van der Waals surface area contributed by atoms with Gasteiger partial charge in [0.1, 0.15) is 5.82 Å². The smallest absolute Gasteiger partial charge is 0.312 e. The minimum atomic E-state index is -0.338. The predicted molar refractivity (Wildman–Crippen MR) is 78.7 cm³/mol. The fourth-order valence-corrected chi connectivity index (χ4v) is 2.11. The van der Waals surface area contributed by atoms with Crippen LogP contribution in [0.1, 0.15) is 11.1 Å². The maximum atomic E-state index is 12.8. The molecule has 0 spiro atoms. The minimum absolute atomic E-state index is 0.250. The van der Waals surface area contributed by atoms with Crippen molar-refractivity contribution in [2.24, 2.45) is 14.1 Å². The van der Waals surface area contributed by atoms with Crippen molar-refractivity contribution >= 4 is 0 Å². The van der Waals surface area contributed by atoms with Crippen LogP contribution in [-0.2, 0) is 27.1 Å². The summed E-state index contributed by atoms with van der Waals surface area (Å²) < 4.78 is 15.3. The molecule has 0 amide bonds. The number of benzene rings is 1. The van der Waals surface area contributed by atoms with Gasteiger partial charge in [0.2, 0.25) is 0 Å². The van der Waals surface area contributed by atoms with E-state index in [9.17, 15) is 14.0 Å². The van der Waals surface area contributed by atoms with E-state index in [1.165, 1.54) is 23.7 Å². The van der Waals surface area contributed by atoms with Crippen molar-refractivity contribution in [3.63, 3.8) is 0 Å². The van der Waals surface area contributed by atoms with Gasteiger partial charge < -0.3 is 9.88 Å². The Morgan fingerprint density at radius 1 is 1.14 bits per heavy atom. The van der Waals surface area contributed by atoms with Gasteiger partial charge in [-0.15, -0.1) is 0 Å². The van der Waals surface area contributed by atoms with Crippen LogP contribution >= 0.6 is 0 Å². The van der Waals surface area contributed by atoms with E-state index in [2.05, 4.69) is 5.32 Å². The molecule has 0 radical (unpaired) electrons. The number of hydrogen-bond donors (Lipinski definition) is 1. The molecule has 1 aromatic carbocycles. The van der Waals surface area contributed by atoms with Gasteiger partial charge in [0.25, 0.3) is 5.56 Å². The van der Waals surface area contributed by atoms with Crippen molar-refractivity contribution in [3.05, 3.63) is 68.2 Å². The number of hydrogen-bond acceptors (Lipinski definition) is 3. The van der Waals surface area contributed by atoms with E-state index >= 15 is 0 Å². The summed E-state index contributed by atoms with van der Waals surface area (Å²) in [6.45, 7) is 1.06. The summed E-state index contributed by atoms with van der Waals surface area (Å²) in [5.74, 6) is -0.250. The van der Waals surface area contributed by atoms with E-state index < -0.39 is 0 Å². The van der Waals surface area contributed by atoms with Gasteiger partial charge in [0, 0.05) is 32.4 Å². The van der Waals surface area contributed by atoms with Crippen molar-refractivity contribution in [3.8, 4) is 0 Å². The van der Waals surface area contributed by atoms with Crippen molar-refractivity contribution in [2.75, 3.05) is 6.54 Å². The van der Waals surface area contributed by atoms with Gasteiger partial charge in [-0.05, 0) is 30.7 Å². The van der Waals surface area contributed by atoms with Crippen LogP contribution in [-0.4, -0.2) is 15.7 Å². The molecule has 0 saturated carbocycles. The second kappa shape index (κ2) is 6.49. The molecule has 0 aliphatic carbocycles. The van der Waals surface area contributed by atoms with Gasteiger partial charge in [-0.1, -0.05) is 12.1 Å². The van der Waals surface area contributed by atoms with Crippen molar-refractivity contribution in [1.29, 1.82) is 0 Å². The quantitative estimate of drug-likeness (QED) is 0.819. The van der Waals surface area contributed by atoms with Gasteiger partial charge in [0.05, 0.1) is 0 Å². The Morgan fingerprint density at radius 2 is 1.81 bits per heavy atom. The Bertz CT molecular complexity index is 732. The van der Waals surface area contributed by atoms with Gasteiger partial charge in [-0.25, -0.2) is 9.18 Å². The zero-order chi connectivity index (χ0) is 15.4. The zero-order valence-electron chi connectivity index (χ0n) is 12.1. The molecule has 2 aromatic rings. The molecule has 21 heavy (non-hydrogen) atoms. The molecule has 0 aliphatic heterocycles. The molecule has 1 aromatic heterocycles. The molecule has 2 rings (SSSR count). The van der Waals surface area contributed by atoms with Crippen molar-refractivity contribution in [1.82, 2.24) is 14.5 Å². The first-order valence-corrected chi connectivity index (χ1v) is 6.69. The predicted octanol–water partition coefficient (Wildman–Crippen LogP) is 0.555. The highest BCUT2D eigenvalue weighted by molar-refractivity contribution is 5.16. The Kier molecular flexibility index (Phi) is 4.70. The number of halogens is 1. The number of nitrogens with zero attached hydrogens (tertiary/aromatic N) is 2. The first kappa shape index (κ1) is 15.2. The molecule has 6 heteroatoms. The van der Waals surface area contributed by atoms with Crippen LogP contribution in [0.4, 0.5) is 4.39 Å². The number of nitrogens with one attached hydrogen (secondary N) is 1. The van der Waals surface area contributed by atoms with E-state index in [4.69, 9.17) is 0 Å². The van der Waals surface area contributed by atoms with Crippen LogP contribution in [0.25, 0.3) is 0 Å². The van der Waals surface area contributed by atoms with Crippen LogP contribution in [0.3, 0.4) is 0 Å². The number of aromatic nitrogens is 2. The summed E-state index contributed by atoms with van der Waals surface area (Å²) in [6, 6.07) is 6.33. The first-order valence-electron chi connectivity index (χ1n) is 6.69. The fourth-order valence-electron chi connectivity index (χ4n) is 2.11. The van der Waals surface area contributed by atoms with Crippen molar-refractivity contribution in [2.45, 2.75) is 13.0 Å². The van der Waals surface area contributed by atoms with Gasteiger partial charge >= 0.3 is 5.69 Å². The summed E-state index contributed by atoms with van der Waals surface area (Å²) in [4.78, 5) is 23.5. The summed E-state index contributed by atoms with van der Waals surface area (Å²) in [6.07, 6.45) is 2.29. The van der Waals surface area contributed by atoms with Gasteiger partial charge in [-0.2, -0.15) is 0 Å². The Hall–Kier alpha value is -2.21. The third-order valence-electron chi connectivity index (χ3n) is 3.34. The van der Waals surface area contributed by atoms with Crippen LogP contribution in [0.2, 0.25) is 0 Å². The number of aryl methyl sites for hydroxylation is 1. The van der Waals surface area contributed by atoms with Crippen LogP contribution in [0.15, 0.2) is 40.1 Å². The molecule has 0 unspecified atom stereocenters. The van der Waals surface area contributed by atoms with E-state index in [1.807, 2.05) is 0 Å². The minimum Gasteiger partial charge on any atom is -0.312 e. The molecule has 1 N–H and O–H groups in total. The van der Waals surface area contributed by atoms with E-state index in [0.717, 1.165) is 16.6 Å². The Labute approximate surface area is 121 Å². The highest BCUT2D eigenvalue weighted by Gasteiger charge is 2.06. The average Bonchev–Trinajstić information content (AvgIpc) is 2.48. The maximum absolute atomic E-state index is 12.8. The van der Waals surface area contributed by atoms with Gasteiger partial charge in [-0.3, -0.25) is 9.36 Å². The highest BCUT2D eigenvalue weighted by Crippen LogP contribution is 2.02. The molecule has 0 atom stereocenters. The van der Waals surface area contributed by atoms with Crippen LogP contribution in [0.5, 0.6) is 0 Å². The standard InChI is InChI=1S/C15H18FN3O2/c1-18-10-12(14(20)19(2)15(18)21)9-17-8-7-11-3-5-13(16)6-4-11/h3-6,10,17H,7-9H2,1-2H3. The molecule has 0 fully saturated rings. The third kappa shape index (κ3) is 3.66. The molecule has 5 nitrogen and oxygen atoms in total. The summed E-state index contributed by atoms with van der Waals surface area (Å²) in [5, 5.41) is 3.16. The topological polar surface area (TPSA) is 56.0 Å². The van der Waals surface area contributed by atoms with Gasteiger partial charge in [0.15, 0.2) is 0 Å². The third-order valence-corrected chi connectivity index (χ3v) is 3.34. The SMILES string of the molecule is Cn1cc(CNCCc2ccc(F)cc2)c(=O)n(C)c1=O. The average molecular weight is 291 g/mol. The Morgan fingerprint density at radius 3 is 2.48 bits per heavy atom. The second-order valence-corrected chi connectivity index (χ2v) is 4.97. The summed E-state index contributed by atoms with van der Waals surface area (Å²) in [7, 11) is 3.08. The van der Waals surface area contributed by atoms with Crippen molar-refractivity contribution < 1.29 is 4.39 Å². The van der Waals surface area contributed by atoms with E-state index in [1.54, 1.807) is 25.4 Å². The highest BCUT2D eigenvalue weighted by atomic mass is 19.1. The molecule has 112 valence electrons. The lowest BCUT2D eigenvalue weighted by Gasteiger charge is -2.08. The molecule has 0 saturated heterocycles. The first-order chi connectivity index (χ1) is 9.99. The lowest BCUT2D eigenvalue weighted by atomic mass is 10.1. The Balaban J connectivity index is 1.94. The molecular formula is C15H18FN3O2. The lowest BCUT2D eigenvalue weighted by molar-refractivity contribution is 0.622. The summed E-state index contributed by atoms with van der Waals surface area (Å²) in [5.41, 5.74) is 0.943. The fraction of sp³-hybridized carbons (Fsp3) is 0.333. The number of rotatable bonds is 5. The second-order valence-electron chi connectivity index (χ2n) is 4.97. The monoisotopic (exact) mass is 291 g/mol. The molecule has 1 heterocycles. The molecular weight excluding hydrogens is 273 g/mol. The summed E-state index contributed by atoms with van der Waals surface area (Å²) >= 11 is 0. The van der Waals surface area contributed by atoms with E-state index in [0.29, 0.717) is 18.7 Å². The van der Waals surface area contributed by atoms with E-state index in [-0.39, 0.29) is 17.1 Å².